The Morgan fingerprint density at radius 3 is 3.00 bits per heavy atom. The number of piperidine rings is 1. The summed E-state index contributed by atoms with van der Waals surface area (Å²) in [4.78, 5) is 23.3. The maximum Gasteiger partial charge on any atom is 0.223 e. The molecule has 4 heterocycles. The Bertz CT molecular complexity index is 822. The fourth-order valence-corrected chi connectivity index (χ4v) is 3.95. The van der Waals surface area contributed by atoms with E-state index in [9.17, 15) is 4.79 Å². The zero-order valence-corrected chi connectivity index (χ0v) is 14.0. The summed E-state index contributed by atoms with van der Waals surface area (Å²) in [5.74, 6) is 1.93. The standard InChI is InChI=1S/C17H18N4O2S/c22-17(18-10-13-2-1-8-23-13)12-3-6-21(7-4-12)16-15-14(5-9-24-15)19-11-20-16/h1-2,5,8-9,11-12H,3-4,6-7,10H2,(H,18,22). The number of fused-ring (bicyclic) bond motifs is 1. The highest BCUT2D eigenvalue weighted by molar-refractivity contribution is 7.17. The first kappa shape index (κ1) is 15.1. The van der Waals surface area contributed by atoms with Crippen molar-refractivity contribution in [3.8, 4) is 0 Å². The molecular weight excluding hydrogens is 324 g/mol. The molecule has 1 saturated heterocycles. The van der Waals surface area contributed by atoms with E-state index < -0.39 is 0 Å². The van der Waals surface area contributed by atoms with Crippen molar-refractivity contribution in [3.05, 3.63) is 41.9 Å². The first-order valence-electron chi connectivity index (χ1n) is 8.04. The average Bonchev–Trinajstić information content (AvgIpc) is 3.31. The molecule has 0 aliphatic carbocycles. The van der Waals surface area contributed by atoms with Crippen LogP contribution in [0, 0.1) is 5.92 Å². The smallest absolute Gasteiger partial charge is 0.223 e. The molecule has 4 rings (SSSR count). The zero-order valence-electron chi connectivity index (χ0n) is 13.1. The van der Waals surface area contributed by atoms with Gasteiger partial charge in [-0.3, -0.25) is 4.79 Å². The first-order valence-corrected chi connectivity index (χ1v) is 8.92. The largest absolute Gasteiger partial charge is 0.467 e. The number of carbonyl (C=O) groups is 1. The van der Waals surface area contributed by atoms with Crippen LogP contribution in [-0.4, -0.2) is 29.0 Å². The molecule has 0 saturated carbocycles. The van der Waals surface area contributed by atoms with E-state index in [1.807, 2.05) is 23.6 Å². The van der Waals surface area contributed by atoms with E-state index in [1.54, 1.807) is 23.9 Å². The number of aromatic nitrogens is 2. The van der Waals surface area contributed by atoms with Crippen molar-refractivity contribution in [1.82, 2.24) is 15.3 Å². The summed E-state index contributed by atoms with van der Waals surface area (Å²) in [6, 6.07) is 5.71. The topological polar surface area (TPSA) is 71.3 Å². The van der Waals surface area contributed by atoms with E-state index in [-0.39, 0.29) is 11.8 Å². The fraction of sp³-hybridized carbons (Fsp3) is 0.353. The van der Waals surface area contributed by atoms with Gasteiger partial charge in [-0.2, -0.15) is 0 Å². The van der Waals surface area contributed by atoms with E-state index in [0.717, 1.165) is 47.7 Å². The van der Waals surface area contributed by atoms with Gasteiger partial charge in [0.05, 0.1) is 23.0 Å². The van der Waals surface area contributed by atoms with Gasteiger partial charge in [0, 0.05) is 19.0 Å². The lowest BCUT2D eigenvalue weighted by Gasteiger charge is -2.32. The molecule has 0 radical (unpaired) electrons. The van der Waals surface area contributed by atoms with Crippen molar-refractivity contribution >= 4 is 33.3 Å². The number of rotatable bonds is 4. The second-order valence-electron chi connectivity index (χ2n) is 5.89. The van der Waals surface area contributed by atoms with Gasteiger partial charge in [-0.1, -0.05) is 0 Å². The van der Waals surface area contributed by atoms with Crippen LogP contribution in [-0.2, 0) is 11.3 Å². The number of nitrogens with one attached hydrogen (secondary N) is 1. The highest BCUT2D eigenvalue weighted by Gasteiger charge is 2.26. The molecule has 1 aliphatic heterocycles. The maximum atomic E-state index is 12.3. The predicted octanol–water partition coefficient (Wildman–Crippen LogP) is 2.82. The van der Waals surface area contributed by atoms with E-state index in [4.69, 9.17) is 4.42 Å². The van der Waals surface area contributed by atoms with E-state index in [0.29, 0.717) is 6.54 Å². The lowest BCUT2D eigenvalue weighted by atomic mass is 9.96. The number of anilines is 1. The average molecular weight is 342 g/mol. The Hall–Kier alpha value is -2.41. The van der Waals surface area contributed by atoms with Gasteiger partial charge in [0.25, 0.3) is 0 Å². The van der Waals surface area contributed by atoms with Crippen LogP contribution in [0.1, 0.15) is 18.6 Å². The molecule has 24 heavy (non-hydrogen) atoms. The van der Waals surface area contributed by atoms with Crippen molar-refractivity contribution in [1.29, 1.82) is 0 Å². The molecule has 1 aliphatic rings. The van der Waals surface area contributed by atoms with Crippen LogP contribution in [0.15, 0.2) is 40.6 Å². The highest BCUT2D eigenvalue weighted by atomic mass is 32.1. The van der Waals surface area contributed by atoms with Crippen LogP contribution in [0.5, 0.6) is 0 Å². The van der Waals surface area contributed by atoms with Gasteiger partial charge in [0.1, 0.15) is 17.9 Å². The third-order valence-electron chi connectivity index (χ3n) is 4.41. The summed E-state index contributed by atoms with van der Waals surface area (Å²) in [6.07, 6.45) is 4.90. The van der Waals surface area contributed by atoms with Gasteiger partial charge >= 0.3 is 0 Å². The van der Waals surface area contributed by atoms with Crippen LogP contribution >= 0.6 is 11.3 Å². The number of furan rings is 1. The molecule has 3 aromatic heterocycles. The summed E-state index contributed by atoms with van der Waals surface area (Å²) < 4.78 is 6.37. The van der Waals surface area contributed by atoms with Gasteiger partial charge < -0.3 is 14.6 Å². The summed E-state index contributed by atoms with van der Waals surface area (Å²) in [7, 11) is 0. The van der Waals surface area contributed by atoms with Crippen LogP contribution < -0.4 is 10.2 Å². The lowest BCUT2D eigenvalue weighted by molar-refractivity contribution is -0.125. The van der Waals surface area contributed by atoms with Gasteiger partial charge in [-0.05, 0) is 36.4 Å². The zero-order chi connectivity index (χ0) is 16.4. The van der Waals surface area contributed by atoms with Crippen LogP contribution in [0.2, 0.25) is 0 Å². The van der Waals surface area contributed by atoms with Crippen molar-refractivity contribution in [2.75, 3.05) is 18.0 Å². The summed E-state index contributed by atoms with van der Waals surface area (Å²) in [5, 5.41) is 5.00. The molecule has 124 valence electrons. The second kappa shape index (κ2) is 6.60. The third kappa shape index (κ3) is 2.99. The SMILES string of the molecule is O=C(NCc1ccco1)C1CCN(c2ncnc3ccsc23)CC1. The Morgan fingerprint density at radius 2 is 2.21 bits per heavy atom. The van der Waals surface area contributed by atoms with Gasteiger partial charge in [-0.25, -0.2) is 9.97 Å². The monoisotopic (exact) mass is 342 g/mol. The predicted molar refractivity (Wildman–Crippen MR) is 92.9 cm³/mol. The van der Waals surface area contributed by atoms with Gasteiger partial charge in [0.15, 0.2) is 0 Å². The normalized spacial score (nSPS) is 15.8. The first-order chi connectivity index (χ1) is 11.8. The Morgan fingerprint density at radius 1 is 1.33 bits per heavy atom. The van der Waals surface area contributed by atoms with E-state index in [2.05, 4.69) is 20.2 Å². The molecule has 0 atom stereocenters. The number of hydrogen-bond donors (Lipinski definition) is 1. The third-order valence-corrected chi connectivity index (χ3v) is 5.31. The van der Waals surface area contributed by atoms with Crippen molar-refractivity contribution in [2.24, 2.45) is 5.92 Å². The number of hydrogen-bond acceptors (Lipinski definition) is 6. The Kier molecular flexibility index (Phi) is 4.17. The van der Waals surface area contributed by atoms with Crippen molar-refractivity contribution < 1.29 is 9.21 Å². The second-order valence-corrected chi connectivity index (χ2v) is 6.81. The number of thiophene rings is 1. The molecule has 0 bridgehead atoms. The molecule has 1 fully saturated rings. The molecule has 0 aromatic carbocycles. The molecule has 1 N–H and O–H groups in total. The number of nitrogens with zero attached hydrogens (tertiary/aromatic N) is 3. The van der Waals surface area contributed by atoms with E-state index in [1.165, 1.54) is 0 Å². The summed E-state index contributed by atoms with van der Waals surface area (Å²) >= 11 is 1.66. The van der Waals surface area contributed by atoms with Crippen LogP contribution in [0.3, 0.4) is 0 Å². The highest BCUT2D eigenvalue weighted by Crippen LogP contribution is 2.30. The molecule has 7 heteroatoms. The molecule has 6 nitrogen and oxygen atoms in total. The molecular formula is C17H18N4O2S. The maximum absolute atomic E-state index is 12.3. The minimum Gasteiger partial charge on any atom is -0.467 e. The lowest BCUT2D eigenvalue weighted by Crippen LogP contribution is -2.40. The quantitative estimate of drug-likeness (QED) is 0.789. The van der Waals surface area contributed by atoms with Crippen LogP contribution in [0.25, 0.3) is 10.2 Å². The number of amides is 1. The Labute approximate surface area is 143 Å². The Balaban J connectivity index is 1.36. The number of carbonyl (C=O) groups excluding carboxylic acids is 1. The van der Waals surface area contributed by atoms with Gasteiger partial charge in [-0.15, -0.1) is 11.3 Å². The molecule has 0 spiro atoms. The van der Waals surface area contributed by atoms with Crippen molar-refractivity contribution in [3.63, 3.8) is 0 Å². The summed E-state index contributed by atoms with van der Waals surface area (Å²) in [6.45, 7) is 2.12. The van der Waals surface area contributed by atoms with Crippen molar-refractivity contribution in [2.45, 2.75) is 19.4 Å². The fourth-order valence-electron chi connectivity index (χ4n) is 3.09. The minimum atomic E-state index is 0.0527. The summed E-state index contributed by atoms with van der Waals surface area (Å²) in [5.41, 5.74) is 0.989. The van der Waals surface area contributed by atoms with Crippen LogP contribution in [0.4, 0.5) is 5.82 Å². The van der Waals surface area contributed by atoms with Gasteiger partial charge in [0.2, 0.25) is 5.91 Å². The molecule has 1 amide bonds. The molecule has 0 unspecified atom stereocenters. The van der Waals surface area contributed by atoms with E-state index >= 15 is 0 Å². The molecule has 3 aromatic rings. The minimum absolute atomic E-state index is 0.0527.